The van der Waals surface area contributed by atoms with Crippen molar-refractivity contribution in [2.45, 2.75) is 44.4 Å². The summed E-state index contributed by atoms with van der Waals surface area (Å²) >= 11 is 0. The van der Waals surface area contributed by atoms with Crippen LogP contribution in [0.25, 0.3) is 11.1 Å². The Hall–Kier alpha value is -3.60. The fraction of sp³-hybridized carbons (Fsp3) is 0.310. The van der Waals surface area contributed by atoms with Gasteiger partial charge in [-0.1, -0.05) is 30.3 Å². The lowest BCUT2D eigenvalue weighted by molar-refractivity contribution is -0.120. The lowest BCUT2D eigenvalue weighted by Crippen LogP contribution is -2.22. The molecule has 2 aliphatic heterocycles. The van der Waals surface area contributed by atoms with E-state index in [0.29, 0.717) is 31.8 Å². The van der Waals surface area contributed by atoms with Gasteiger partial charge in [-0.3, -0.25) is 4.79 Å². The summed E-state index contributed by atoms with van der Waals surface area (Å²) in [5, 5.41) is 9.69. The van der Waals surface area contributed by atoms with Gasteiger partial charge >= 0.3 is 5.97 Å². The minimum atomic E-state index is -0.987. The maximum Gasteiger partial charge on any atom is 0.339 e. The molecule has 0 aromatic heterocycles. The van der Waals surface area contributed by atoms with Gasteiger partial charge in [0.15, 0.2) is 0 Å². The van der Waals surface area contributed by atoms with E-state index >= 15 is 0 Å². The molecule has 174 valence electrons. The van der Waals surface area contributed by atoms with Crippen LogP contribution in [0.15, 0.2) is 48.5 Å². The minimum Gasteiger partial charge on any atom is -0.493 e. The Balaban J connectivity index is 0.00000253. The predicted octanol–water partition coefficient (Wildman–Crippen LogP) is 5.32. The summed E-state index contributed by atoms with van der Waals surface area (Å²) in [6, 6.07) is 16.0. The van der Waals surface area contributed by atoms with E-state index < -0.39 is 5.97 Å². The van der Waals surface area contributed by atoms with E-state index in [1.54, 1.807) is 6.07 Å². The lowest BCUT2D eigenvalue weighted by atomic mass is 9.86. The molecule has 1 aliphatic carbocycles. The molecule has 0 amide bonds. The number of carboxylic acid groups (broad SMARTS) is 1. The molecule has 0 radical (unpaired) electrons. The summed E-state index contributed by atoms with van der Waals surface area (Å²) < 4.78 is 11.2. The van der Waals surface area contributed by atoms with Gasteiger partial charge in [-0.25, -0.2) is 4.79 Å². The van der Waals surface area contributed by atoms with Gasteiger partial charge in [-0.2, -0.15) is 0 Å². The monoisotopic (exact) mass is 456 g/mol. The second-order valence-electron chi connectivity index (χ2n) is 9.67. The summed E-state index contributed by atoms with van der Waals surface area (Å²) in [7, 11) is 0. The summed E-state index contributed by atoms with van der Waals surface area (Å²) in [6.45, 7) is 3.23. The van der Waals surface area contributed by atoms with Crippen LogP contribution in [0.2, 0.25) is 0 Å². The number of ketones is 1. The van der Waals surface area contributed by atoms with Crippen LogP contribution in [0.4, 0.5) is 0 Å². The Labute approximate surface area is 199 Å². The number of carboxylic acids is 1. The highest BCUT2D eigenvalue weighted by Gasteiger charge is 2.50. The first kappa shape index (κ1) is 21.0. The van der Waals surface area contributed by atoms with E-state index in [4.69, 9.17) is 9.47 Å². The summed E-state index contributed by atoms with van der Waals surface area (Å²) in [5.41, 5.74) is 6.86. The Morgan fingerprint density at radius 2 is 1.76 bits per heavy atom. The van der Waals surface area contributed by atoms with Crippen LogP contribution in [0.1, 0.15) is 52.4 Å². The van der Waals surface area contributed by atoms with E-state index in [1.165, 1.54) is 5.56 Å². The van der Waals surface area contributed by atoms with Gasteiger partial charge in [0.2, 0.25) is 0 Å². The van der Waals surface area contributed by atoms with Crippen molar-refractivity contribution < 1.29 is 25.6 Å². The van der Waals surface area contributed by atoms with Gasteiger partial charge in [-0.05, 0) is 76.9 Å². The van der Waals surface area contributed by atoms with Gasteiger partial charge in [0, 0.05) is 20.7 Å². The molecule has 2 heterocycles. The average molecular weight is 457 g/mol. The number of hydrogen-bond acceptors (Lipinski definition) is 4. The number of Topliss-reactive ketones (excluding diaryl/α,β-unsaturated/α-hetero) is 1. The molecule has 3 aromatic rings. The zero-order valence-corrected chi connectivity index (χ0v) is 19.1. The molecule has 0 atom stereocenters. The maximum atomic E-state index is 13.5. The Kier molecular flexibility index (Phi) is 4.76. The third-order valence-corrected chi connectivity index (χ3v) is 7.52. The first-order valence-corrected chi connectivity index (χ1v) is 11.9. The highest BCUT2D eigenvalue weighted by Crippen LogP contribution is 2.50. The largest absolute Gasteiger partial charge is 0.493 e. The SMILES string of the molecule is Cc1ccc(CC(=O)C2(c3ccc4c(c3)CCO4)CC2)cc1-c1cc2c(c(C(=O)O)c1)OCC2.[HH]. The van der Waals surface area contributed by atoms with Crippen LogP contribution in [-0.4, -0.2) is 30.1 Å². The molecule has 1 saturated carbocycles. The number of fused-ring (bicyclic) bond motifs is 2. The quantitative estimate of drug-likeness (QED) is 0.544. The molecule has 0 unspecified atom stereocenters. The molecule has 1 fully saturated rings. The number of carbonyl (C=O) groups excluding carboxylic acids is 1. The average Bonchev–Trinajstić information content (AvgIpc) is 3.27. The van der Waals surface area contributed by atoms with E-state index in [2.05, 4.69) is 12.1 Å². The molecule has 3 aromatic carbocycles. The first-order chi connectivity index (χ1) is 16.4. The van der Waals surface area contributed by atoms with Gasteiger partial charge < -0.3 is 14.6 Å². The van der Waals surface area contributed by atoms with Crippen LogP contribution < -0.4 is 9.47 Å². The molecule has 0 bridgehead atoms. The van der Waals surface area contributed by atoms with Crippen molar-refractivity contribution in [3.8, 4) is 22.6 Å². The summed E-state index contributed by atoms with van der Waals surface area (Å²) in [5.74, 6) is 0.681. The zero-order valence-electron chi connectivity index (χ0n) is 19.1. The van der Waals surface area contributed by atoms with Crippen molar-refractivity contribution in [2.75, 3.05) is 13.2 Å². The molecule has 3 aliphatic rings. The van der Waals surface area contributed by atoms with Crippen LogP contribution in [0, 0.1) is 6.92 Å². The molecule has 0 spiro atoms. The minimum absolute atomic E-state index is 0. The summed E-state index contributed by atoms with van der Waals surface area (Å²) in [6.07, 6.45) is 3.74. The smallest absolute Gasteiger partial charge is 0.339 e. The van der Waals surface area contributed by atoms with Gasteiger partial charge in [0.25, 0.3) is 0 Å². The zero-order chi connectivity index (χ0) is 23.4. The summed E-state index contributed by atoms with van der Waals surface area (Å²) in [4.78, 5) is 25.3. The molecule has 34 heavy (non-hydrogen) atoms. The van der Waals surface area contributed by atoms with E-state index in [1.807, 2.05) is 37.3 Å². The number of hydrogen-bond donors (Lipinski definition) is 1. The Morgan fingerprint density at radius 1 is 0.971 bits per heavy atom. The van der Waals surface area contributed by atoms with Crippen molar-refractivity contribution >= 4 is 11.8 Å². The van der Waals surface area contributed by atoms with Crippen LogP contribution in [0.5, 0.6) is 11.5 Å². The first-order valence-electron chi connectivity index (χ1n) is 11.9. The fourth-order valence-corrected chi connectivity index (χ4v) is 5.40. The van der Waals surface area contributed by atoms with Crippen molar-refractivity contribution in [3.63, 3.8) is 0 Å². The van der Waals surface area contributed by atoms with Crippen LogP contribution >= 0.6 is 0 Å². The Bertz CT molecular complexity index is 1360. The van der Waals surface area contributed by atoms with E-state index in [9.17, 15) is 14.7 Å². The van der Waals surface area contributed by atoms with Crippen molar-refractivity contribution in [1.82, 2.24) is 0 Å². The molecule has 0 saturated heterocycles. The standard InChI is InChI=1S/C29H26O5.H2/c1-17-2-3-18(12-23(17)21-14-20-7-11-34-27(20)24(16-21)28(31)32)13-26(30)29(8-9-29)22-4-5-25-19(15-22)6-10-33-25;/h2-5,12,14-16H,6-11,13H2,1H3,(H,31,32);1H. The number of aromatic carboxylic acids is 1. The van der Waals surface area contributed by atoms with Crippen LogP contribution in [-0.2, 0) is 29.5 Å². The highest BCUT2D eigenvalue weighted by molar-refractivity contribution is 5.96. The molecule has 6 rings (SSSR count). The second-order valence-corrected chi connectivity index (χ2v) is 9.67. The van der Waals surface area contributed by atoms with Gasteiger partial charge in [0.1, 0.15) is 22.8 Å². The normalized spacial score (nSPS) is 16.9. The van der Waals surface area contributed by atoms with Crippen molar-refractivity contribution in [1.29, 1.82) is 0 Å². The molecular weight excluding hydrogens is 428 g/mol. The third kappa shape index (κ3) is 3.38. The predicted molar refractivity (Wildman–Crippen MR) is 130 cm³/mol. The number of aryl methyl sites for hydroxylation is 1. The lowest BCUT2D eigenvalue weighted by Gasteiger charge is -2.17. The number of benzene rings is 3. The number of ether oxygens (including phenoxy) is 2. The molecular formula is C29H28O5. The number of rotatable bonds is 6. The number of carbonyl (C=O) groups is 2. The molecule has 1 N–H and O–H groups in total. The van der Waals surface area contributed by atoms with E-state index in [0.717, 1.165) is 58.4 Å². The van der Waals surface area contributed by atoms with Crippen molar-refractivity contribution in [2.24, 2.45) is 0 Å². The molecule has 5 heteroatoms. The van der Waals surface area contributed by atoms with Crippen LogP contribution in [0.3, 0.4) is 0 Å². The fourth-order valence-electron chi connectivity index (χ4n) is 5.40. The van der Waals surface area contributed by atoms with E-state index in [-0.39, 0.29) is 18.2 Å². The second kappa shape index (κ2) is 7.73. The Morgan fingerprint density at radius 3 is 2.56 bits per heavy atom. The van der Waals surface area contributed by atoms with Gasteiger partial charge in [-0.15, -0.1) is 0 Å². The van der Waals surface area contributed by atoms with Crippen molar-refractivity contribution in [3.05, 3.63) is 81.9 Å². The van der Waals surface area contributed by atoms with Gasteiger partial charge in [0.05, 0.1) is 18.6 Å². The highest BCUT2D eigenvalue weighted by atomic mass is 16.5. The topological polar surface area (TPSA) is 72.8 Å². The molecule has 5 nitrogen and oxygen atoms in total. The maximum absolute atomic E-state index is 13.5. The third-order valence-electron chi connectivity index (χ3n) is 7.52.